The summed E-state index contributed by atoms with van der Waals surface area (Å²) in [5.74, 6) is 0.316. The quantitative estimate of drug-likeness (QED) is 0.836. The summed E-state index contributed by atoms with van der Waals surface area (Å²) in [4.78, 5) is 11.7. The number of halogens is 3. The molecule has 0 spiro atoms. The number of hydrogen-bond donors (Lipinski definition) is 2. The van der Waals surface area contributed by atoms with Gasteiger partial charge >= 0.3 is 0 Å². The predicted octanol–water partition coefficient (Wildman–Crippen LogP) is 3.04. The van der Waals surface area contributed by atoms with Crippen LogP contribution in [0.2, 0.25) is 10.0 Å². The lowest BCUT2D eigenvalue weighted by molar-refractivity contribution is -0.127. The largest absolute Gasteiger partial charge is 0.481 e. The minimum atomic E-state index is -0.606. The third-order valence-corrected chi connectivity index (χ3v) is 3.21. The van der Waals surface area contributed by atoms with Gasteiger partial charge < -0.3 is 15.8 Å². The fourth-order valence-electron chi connectivity index (χ4n) is 1.37. The lowest BCUT2D eigenvalue weighted by Gasteiger charge is -2.15. The first kappa shape index (κ1) is 19.3. The van der Waals surface area contributed by atoms with Gasteiger partial charge in [-0.3, -0.25) is 4.79 Å². The number of amides is 1. The van der Waals surface area contributed by atoms with Crippen molar-refractivity contribution < 1.29 is 9.53 Å². The van der Waals surface area contributed by atoms with E-state index in [2.05, 4.69) is 5.32 Å². The van der Waals surface area contributed by atoms with Crippen LogP contribution in [0.5, 0.6) is 5.75 Å². The molecule has 114 valence electrons. The molecule has 0 bridgehead atoms. The van der Waals surface area contributed by atoms with Crippen LogP contribution in [-0.4, -0.2) is 24.6 Å². The average Bonchev–Trinajstić information content (AvgIpc) is 2.33. The van der Waals surface area contributed by atoms with Crippen LogP contribution in [0.25, 0.3) is 0 Å². The van der Waals surface area contributed by atoms with Crippen molar-refractivity contribution in [1.29, 1.82) is 0 Å². The maximum atomic E-state index is 11.7. The Balaban J connectivity index is 0.00000361. The monoisotopic (exact) mass is 340 g/mol. The Kier molecular flexibility index (Phi) is 8.98. The topological polar surface area (TPSA) is 64.3 Å². The van der Waals surface area contributed by atoms with E-state index in [1.807, 2.05) is 6.92 Å². The number of benzene rings is 1. The van der Waals surface area contributed by atoms with Gasteiger partial charge in [-0.1, -0.05) is 23.2 Å². The minimum Gasteiger partial charge on any atom is -0.481 e. The highest BCUT2D eigenvalue weighted by Crippen LogP contribution is 2.26. The third kappa shape index (κ3) is 6.66. The highest BCUT2D eigenvalue weighted by Gasteiger charge is 2.14. The van der Waals surface area contributed by atoms with Crippen molar-refractivity contribution in [3.05, 3.63) is 28.2 Å². The molecule has 0 fully saturated rings. The van der Waals surface area contributed by atoms with E-state index in [1.54, 1.807) is 25.1 Å². The molecular weight excluding hydrogens is 323 g/mol. The molecular formula is C13H19Cl3N2O2. The zero-order valence-electron chi connectivity index (χ0n) is 11.4. The van der Waals surface area contributed by atoms with Crippen molar-refractivity contribution in [3.63, 3.8) is 0 Å². The maximum Gasteiger partial charge on any atom is 0.260 e. The van der Waals surface area contributed by atoms with Gasteiger partial charge in [0.2, 0.25) is 0 Å². The van der Waals surface area contributed by atoms with E-state index in [9.17, 15) is 4.79 Å². The van der Waals surface area contributed by atoms with Crippen LogP contribution in [0.4, 0.5) is 0 Å². The van der Waals surface area contributed by atoms with Gasteiger partial charge in [-0.25, -0.2) is 0 Å². The van der Waals surface area contributed by atoms with E-state index in [-0.39, 0.29) is 24.4 Å². The lowest BCUT2D eigenvalue weighted by Crippen LogP contribution is -2.38. The molecule has 3 N–H and O–H groups in total. The Bertz CT molecular complexity index is 442. The molecule has 0 saturated heterocycles. The minimum absolute atomic E-state index is 0. The Labute approximate surface area is 135 Å². The lowest BCUT2D eigenvalue weighted by atomic mass is 10.2. The molecule has 1 aromatic carbocycles. The second-order valence-electron chi connectivity index (χ2n) is 4.39. The summed E-state index contributed by atoms with van der Waals surface area (Å²) in [5, 5.41) is 3.60. The summed E-state index contributed by atoms with van der Waals surface area (Å²) in [7, 11) is 0. The predicted molar refractivity (Wildman–Crippen MR) is 85.1 cm³/mol. The molecule has 1 rings (SSSR count). The smallest absolute Gasteiger partial charge is 0.260 e. The van der Waals surface area contributed by atoms with Gasteiger partial charge in [-0.2, -0.15) is 0 Å². The first-order valence-corrected chi connectivity index (χ1v) is 6.80. The van der Waals surface area contributed by atoms with Crippen LogP contribution in [0.1, 0.15) is 20.3 Å². The molecule has 0 heterocycles. The molecule has 2 unspecified atom stereocenters. The number of ether oxygens (including phenoxy) is 1. The zero-order chi connectivity index (χ0) is 14.4. The van der Waals surface area contributed by atoms with Gasteiger partial charge in [0.15, 0.2) is 6.10 Å². The van der Waals surface area contributed by atoms with Crippen molar-refractivity contribution in [1.82, 2.24) is 5.32 Å². The molecule has 0 radical (unpaired) electrons. The van der Waals surface area contributed by atoms with Crippen LogP contribution in [0.3, 0.4) is 0 Å². The van der Waals surface area contributed by atoms with Gasteiger partial charge in [0.25, 0.3) is 5.91 Å². The number of carbonyl (C=O) groups is 1. The second kappa shape index (κ2) is 9.29. The molecule has 1 amide bonds. The number of rotatable bonds is 6. The van der Waals surface area contributed by atoms with Crippen molar-refractivity contribution >= 4 is 41.5 Å². The van der Waals surface area contributed by atoms with Gasteiger partial charge in [-0.15, -0.1) is 12.4 Å². The summed E-state index contributed by atoms with van der Waals surface area (Å²) in [5.41, 5.74) is 5.60. The van der Waals surface area contributed by atoms with E-state index in [1.165, 1.54) is 0 Å². The molecule has 1 aromatic rings. The highest BCUT2D eigenvalue weighted by atomic mass is 35.5. The van der Waals surface area contributed by atoms with Crippen molar-refractivity contribution in [2.45, 2.75) is 32.4 Å². The first-order valence-electron chi connectivity index (χ1n) is 6.05. The molecule has 0 aliphatic rings. The third-order valence-electron chi connectivity index (χ3n) is 2.47. The summed E-state index contributed by atoms with van der Waals surface area (Å²) in [6.45, 7) is 4.09. The van der Waals surface area contributed by atoms with Crippen LogP contribution >= 0.6 is 35.6 Å². The molecule has 0 aromatic heterocycles. The molecule has 20 heavy (non-hydrogen) atoms. The molecule has 4 nitrogen and oxygen atoms in total. The van der Waals surface area contributed by atoms with E-state index >= 15 is 0 Å². The van der Waals surface area contributed by atoms with E-state index in [0.717, 1.165) is 6.42 Å². The molecule has 0 aliphatic carbocycles. The fraction of sp³-hybridized carbons (Fsp3) is 0.462. The molecule has 7 heteroatoms. The van der Waals surface area contributed by atoms with E-state index in [0.29, 0.717) is 22.3 Å². The van der Waals surface area contributed by atoms with Crippen molar-refractivity contribution in [2.75, 3.05) is 6.54 Å². The first-order chi connectivity index (χ1) is 8.90. The summed E-state index contributed by atoms with van der Waals surface area (Å²) in [6, 6.07) is 4.93. The Morgan fingerprint density at radius 2 is 2.00 bits per heavy atom. The van der Waals surface area contributed by atoms with Gasteiger partial charge in [-0.05, 0) is 32.4 Å². The highest BCUT2D eigenvalue weighted by molar-refractivity contribution is 6.42. The summed E-state index contributed by atoms with van der Waals surface area (Å²) in [6.07, 6.45) is 0.121. The van der Waals surface area contributed by atoms with Crippen LogP contribution in [0, 0.1) is 0 Å². The second-order valence-corrected chi connectivity index (χ2v) is 5.21. The van der Waals surface area contributed by atoms with Crippen LogP contribution in [-0.2, 0) is 4.79 Å². The number of nitrogens with one attached hydrogen (secondary N) is 1. The summed E-state index contributed by atoms with van der Waals surface area (Å²) >= 11 is 11.7. The van der Waals surface area contributed by atoms with Gasteiger partial charge in [0.1, 0.15) is 5.75 Å². The van der Waals surface area contributed by atoms with Gasteiger partial charge in [0.05, 0.1) is 10.0 Å². The van der Waals surface area contributed by atoms with E-state index in [4.69, 9.17) is 33.7 Å². The Morgan fingerprint density at radius 1 is 1.35 bits per heavy atom. The van der Waals surface area contributed by atoms with Crippen LogP contribution in [0.15, 0.2) is 18.2 Å². The Hall–Kier alpha value is -0.680. The van der Waals surface area contributed by atoms with Crippen LogP contribution < -0.4 is 15.8 Å². The fourth-order valence-corrected chi connectivity index (χ4v) is 1.66. The number of nitrogens with two attached hydrogens (primary N) is 1. The normalized spacial score (nSPS) is 13.1. The number of hydrogen-bond acceptors (Lipinski definition) is 3. The molecule has 0 aliphatic heterocycles. The van der Waals surface area contributed by atoms with Crippen molar-refractivity contribution in [2.24, 2.45) is 5.73 Å². The van der Waals surface area contributed by atoms with Gasteiger partial charge in [0, 0.05) is 18.7 Å². The SMILES string of the molecule is CC(N)CCNC(=O)C(C)Oc1ccc(Cl)c(Cl)c1.Cl. The Morgan fingerprint density at radius 3 is 2.55 bits per heavy atom. The van der Waals surface area contributed by atoms with Crippen molar-refractivity contribution in [3.8, 4) is 5.75 Å². The zero-order valence-corrected chi connectivity index (χ0v) is 13.7. The average molecular weight is 342 g/mol. The standard InChI is InChI=1S/C13H18Cl2N2O2.ClH/c1-8(16)5-6-17-13(18)9(2)19-10-3-4-11(14)12(15)7-10;/h3-4,7-9H,5-6,16H2,1-2H3,(H,17,18);1H. The number of carbonyl (C=O) groups excluding carboxylic acids is 1. The maximum absolute atomic E-state index is 11.7. The summed E-state index contributed by atoms with van der Waals surface area (Å²) < 4.78 is 5.48. The molecule has 0 saturated carbocycles. The molecule has 2 atom stereocenters. The van der Waals surface area contributed by atoms with E-state index < -0.39 is 6.10 Å².